The lowest BCUT2D eigenvalue weighted by molar-refractivity contribution is 0.0829. The highest BCUT2D eigenvalue weighted by atomic mass is 16.3. The Hall–Kier alpha value is -2.59. The first-order chi connectivity index (χ1) is 11.1. The van der Waals surface area contributed by atoms with Gasteiger partial charge in [-0.1, -0.05) is 18.2 Å². The van der Waals surface area contributed by atoms with Crippen molar-refractivity contribution in [2.75, 3.05) is 7.05 Å². The molecule has 1 atom stereocenters. The maximum absolute atomic E-state index is 11.7. The molecule has 2 heterocycles. The van der Waals surface area contributed by atoms with Crippen LogP contribution in [0.25, 0.3) is 10.8 Å². The third kappa shape index (κ3) is 2.06. The van der Waals surface area contributed by atoms with Gasteiger partial charge in [0.05, 0.1) is 5.69 Å². The van der Waals surface area contributed by atoms with Crippen LogP contribution in [0.4, 0.5) is 0 Å². The van der Waals surface area contributed by atoms with Crippen LogP contribution in [0.1, 0.15) is 28.0 Å². The van der Waals surface area contributed by atoms with Crippen molar-refractivity contribution in [1.29, 1.82) is 0 Å². The van der Waals surface area contributed by atoms with Crippen molar-refractivity contribution in [3.05, 3.63) is 71.5 Å². The Morgan fingerprint density at radius 2 is 1.96 bits per heavy atom. The van der Waals surface area contributed by atoms with E-state index in [1.165, 1.54) is 0 Å². The van der Waals surface area contributed by atoms with Crippen LogP contribution in [0.2, 0.25) is 0 Å². The van der Waals surface area contributed by atoms with Crippen molar-refractivity contribution in [2.45, 2.75) is 18.6 Å². The zero-order valence-electron chi connectivity index (χ0n) is 12.9. The highest BCUT2D eigenvalue weighted by molar-refractivity contribution is 5.98. The lowest BCUT2D eigenvalue weighted by Crippen LogP contribution is -2.23. The number of nitrogens with zero attached hydrogens (tertiary/aromatic N) is 1. The highest BCUT2D eigenvalue weighted by Crippen LogP contribution is 2.39. The Bertz CT molecular complexity index is 913. The summed E-state index contributed by atoms with van der Waals surface area (Å²) in [4.78, 5) is 11.7. The van der Waals surface area contributed by atoms with E-state index in [0.717, 1.165) is 28.6 Å². The molecule has 116 valence electrons. The first-order valence-electron chi connectivity index (χ1n) is 7.76. The summed E-state index contributed by atoms with van der Waals surface area (Å²) in [5.74, 6) is -0.0942. The summed E-state index contributed by atoms with van der Waals surface area (Å²) < 4.78 is 2.10. The number of nitrogens with one attached hydrogen (secondary N) is 1. The van der Waals surface area contributed by atoms with Crippen molar-refractivity contribution in [3.8, 4) is 0 Å². The predicted molar refractivity (Wildman–Crippen MR) is 89.4 cm³/mol. The Kier molecular flexibility index (Phi) is 3.03. The molecule has 0 radical (unpaired) electrons. The second-order valence-electron chi connectivity index (χ2n) is 6.05. The van der Waals surface area contributed by atoms with Crippen LogP contribution in [-0.2, 0) is 12.1 Å². The summed E-state index contributed by atoms with van der Waals surface area (Å²) in [6.07, 6.45) is 2.69. The highest BCUT2D eigenvalue weighted by Gasteiger charge is 2.38. The standard InChI is InChI=1S/C19H18N2O2/c1-20-18(22)15-5-4-14-12-16(7-6-13(14)11-15)19(23)8-10-21-9-2-3-17(19)21/h2-7,9,11-12,23H,8,10H2,1H3,(H,20,22). The van der Waals surface area contributed by atoms with Gasteiger partial charge in [-0.2, -0.15) is 0 Å². The van der Waals surface area contributed by atoms with Crippen LogP contribution >= 0.6 is 0 Å². The van der Waals surface area contributed by atoms with Crippen LogP contribution in [0.3, 0.4) is 0 Å². The Morgan fingerprint density at radius 1 is 1.17 bits per heavy atom. The lowest BCUT2D eigenvalue weighted by Gasteiger charge is -2.23. The van der Waals surface area contributed by atoms with Gasteiger partial charge in [0.15, 0.2) is 0 Å². The van der Waals surface area contributed by atoms with Crippen LogP contribution < -0.4 is 5.32 Å². The number of carbonyl (C=O) groups excluding carboxylic acids is 1. The van der Waals surface area contributed by atoms with E-state index in [-0.39, 0.29) is 5.91 Å². The largest absolute Gasteiger partial charge is 0.379 e. The van der Waals surface area contributed by atoms with Gasteiger partial charge in [0.2, 0.25) is 0 Å². The second-order valence-corrected chi connectivity index (χ2v) is 6.05. The molecule has 1 unspecified atom stereocenters. The third-order valence-corrected chi connectivity index (χ3v) is 4.77. The molecule has 1 aromatic heterocycles. The quantitative estimate of drug-likeness (QED) is 0.765. The first kappa shape index (κ1) is 14.0. The number of aliphatic hydroxyl groups is 1. The third-order valence-electron chi connectivity index (χ3n) is 4.77. The van der Waals surface area contributed by atoms with Crippen molar-refractivity contribution in [3.63, 3.8) is 0 Å². The van der Waals surface area contributed by atoms with Crippen molar-refractivity contribution in [2.24, 2.45) is 0 Å². The van der Waals surface area contributed by atoms with Crippen LogP contribution in [0.15, 0.2) is 54.7 Å². The van der Waals surface area contributed by atoms with Gasteiger partial charge >= 0.3 is 0 Å². The smallest absolute Gasteiger partial charge is 0.251 e. The minimum Gasteiger partial charge on any atom is -0.379 e. The van der Waals surface area contributed by atoms with Crippen molar-refractivity contribution >= 4 is 16.7 Å². The van der Waals surface area contributed by atoms with Gasteiger partial charge in [-0.3, -0.25) is 4.79 Å². The molecule has 1 amide bonds. The van der Waals surface area contributed by atoms with Crippen molar-refractivity contribution in [1.82, 2.24) is 9.88 Å². The number of rotatable bonds is 2. The number of aryl methyl sites for hydroxylation is 1. The Labute approximate surface area is 134 Å². The summed E-state index contributed by atoms with van der Waals surface area (Å²) in [5, 5.41) is 15.8. The fraction of sp³-hybridized carbons (Fsp3) is 0.211. The first-order valence-corrected chi connectivity index (χ1v) is 7.76. The molecule has 2 N–H and O–H groups in total. The summed E-state index contributed by atoms with van der Waals surface area (Å²) in [7, 11) is 1.63. The zero-order chi connectivity index (χ0) is 16.0. The molecule has 0 saturated heterocycles. The molecule has 4 rings (SSSR count). The van der Waals surface area contributed by atoms with Crippen LogP contribution in [0.5, 0.6) is 0 Å². The van der Waals surface area contributed by atoms with E-state index in [2.05, 4.69) is 9.88 Å². The SMILES string of the molecule is CNC(=O)c1ccc2cc(C3(O)CCn4cccc43)ccc2c1. The average Bonchev–Trinajstić information content (AvgIpc) is 3.18. The van der Waals surface area contributed by atoms with E-state index >= 15 is 0 Å². The van der Waals surface area contributed by atoms with Gasteiger partial charge in [0, 0.05) is 31.8 Å². The molecule has 23 heavy (non-hydrogen) atoms. The topological polar surface area (TPSA) is 54.3 Å². The van der Waals surface area contributed by atoms with E-state index < -0.39 is 5.60 Å². The molecule has 4 heteroatoms. The number of hydrogen-bond donors (Lipinski definition) is 2. The number of aromatic nitrogens is 1. The average molecular weight is 306 g/mol. The maximum atomic E-state index is 11.7. The fourth-order valence-electron chi connectivity index (χ4n) is 3.48. The van der Waals surface area contributed by atoms with E-state index in [4.69, 9.17) is 0 Å². The van der Waals surface area contributed by atoms with Gasteiger partial charge < -0.3 is 15.0 Å². The molecule has 2 aromatic carbocycles. The molecule has 4 nitrogen and oxygen atoms in total. The molecule has 0 bridgehead atoms. The molecule has 0 saturated carbocycles. The zero-order valence-corrected chi connectivity index (χ0v) is 12.9. The minimum absolute atomic E-state index is 0.0942. The van der Waals surface area contributed by atoms with Gasteiger partial charge in [-0.15, -0.1) is 0 Å². The second kappa shape index (κ2) is 4.96. The predicted octanol–water partition coefficient (Wildman–Crippen LogP) is 2.64. The Morgan fingerprint density at radius 3 is 2.78 bits per heavy atom. The normalized spacial score (nSPS) is 19.7. The molecule has 0 aliphatic carbocycles. The molecule has 1 aliphatic rings. The van der Waals surface area contributed by atoms with E-state index in [0.29, 0.717) is 12.0 Å². The minimum atomic E-state index is -0.933. The van der Waals surface area contributed by atoms with E-state index in [1.54, 1.807) is 7.05 Å². The van der Waals surface area contributed by atoms with Crippen molar-refractivity contribution < 1.29 is 9.90 Å². The number of amides is 1. The summed E-state index contributed by atoms with van der Waals surface area (Å²) >= 11 is 0. The molecule has 3 aromatic rings. The van der Waals surface area contributed by atoms with Crippen LogP contribution in [0, 0.1) is 0 Å². The molecular weight excluding hydrogens is 288 g/mol. The number of hydrogen-bond acceptors (Lipinski definition) is 2. The Balaban J connectivity index is 1.80. The van der Waals surface area contributed by atoms with Gasteiger partial charge in [0.1, 0.15) is 5.60 Å². The monoisotopic (exact) mass is 306 g/mol. The molecule has 0 fully saturated rings. The van der Waals surface area contributed by atoms with Gasteiger partial charge in [-0.25, -0.2) is 0 Å². The van der Waals surface area contributed by atoms with E-state index in [1.807, 2.05) is 54.7 Å². The number of carbonyl (C=O) groups is 1. The number of benzene rings is 2. The summed E-state index contributed by atoms with van der Waals surface area (Å²) in [6, 6.07) is 15.5. The molecular formula is C19H18N2O2. The van der Waals surface area contributed by atoms with Crippen LogP contribution in [-0.4, -0.2) is 22.6 Å². The molecule has 0 spiro atoms. The number of fused-ring (bicyclic) bond motifs is 2. The molecule has 1 aliphatic heterocycles. The van der Waals surface area contributed by atoms with E-state index in [9.17, 15) is 9.90 Å². The summed E-state index contributed by atoms with van der Waals surface area (Å²) in [5.41, 5.74) is 1.55. The van der Waals surface area contributed by atoms with Gasteiger partial charge in [0.25, 0.3) is 5.91 Å². The summed E-state index contributed by atoms with van der Waals surface area (Å²) in [6.45, 7) is 0.826. The lowest BCUT2D eigenvalue weighted by atomic mass is 9.88. The maximum Gasteiger partial charge on any atom is 0.251 e. The van der Waals surface area contributed by atoms with Gasteiger partial charge in [-0.05, 0) is 46.7 Å². The fourth-order valence-corrected chi connectivity index (χ4v) is 3.48.